The molecule has 0 radical (unpaired) electrons. The number of hydrogen-bond acceptors (Lipinski definition) is 7. The predicted octanol–water partition coefficient (Wildman–Crippen LogP) is 4.75. The van der Waals surface area contributed by atoms with Crippen LogP contribution in [0.1, 0.15) is 25.0 Å². The van der Waals surface area contributed by atoms with Crippen LogP contribution in [0.2, 0.25) is 5.02 Å². The number of carbonyl (C=O) groups excluding carboxylic acids is 3. The molecular formula is C24H23ClF3N3O5. The van der Waals surface area contributed by atoms with Crippen molar-refractivity contribution in [1.82, 2.24) is 5.01 Å². The third-order valence-corrected chi connectivity index (χ3v) is 5.74. The summed E-state index contributed by atoms with van der Waals surface area (Å²) >= 11 is 5.97. The van der Waals surface area contributed by atoms with Crippen LogP contribution in [0.25, 0.3) is 0 Å². The van der Waals surface area contributed by atoms with Gasteiger partial charge in [0.15, 0.2) is 0 Å². The van der Waals surface area contributed by atoms with Crippen LogP contribution in [0.3, 0.4) is 0 Å². The molecule has 0 fully saturated rings. The summed E-state index contributed by atoms with van der Waals surface area (Å²) in [6, 6.07) is 10.1. The summed E-state index contributed by atoms with van der Waals surface area (Å²) in [7, 11) is 1.04. The Kier molecular flexibility index (Phi) is 7.92. The Balaban J connectivity index is 1.91. The highest BCUT2D eigenvalue weighted by Gasteiger charge is 2.47. The third kappa shape index (κ3) is 5.62. The van der Waals surface area contributed by atoms with Crippen LogP contribution in [0.4, 0.5) is 23.7 Å². The van der Waals surface area contributed by atoms with Crippen molar-refractivity contribution in [1.29, 1.82) is 0 Å². The van der Waals surface area contributed by atoms with Crippen molar-refractivity contribution in [3.63, 3.8) is 0 Å². The molecule has 1 aliphatic heterocycles. The standard InChI is InChI=1S/C24H23ClF3N3O5/c1-4-36-21(33)23(2)14-30(29-20(23)15-5-9-17(25)10-6-15)13-19(32)31(22(34)35-3)18-11-7-16(8-12-18)24(26,27)28/h5-12H,4,13-14H2,1-3H3. The van der Waals surface area contributed by atoms with E-state index >= 15 is 0 Å². The Labute approximate surface area is 210 Å². The first-order valence-corrected chi connectivity index (χ1v) is 11.1. The van der Waals surface area contributed by atoms with E-state index in [0.717, 1.165) is 31.4 Å². The number of alkyl halides is 3. The predicted molar refractivity (Wildman–Crippen MR) is 126 cm³/mol. The minimum atomic E-state index is -4.58. The zero-order valence-corrected chi connectivity index (χ0v) is 20.4. The Hall–Kier alpha value is -3.60. The molecule has 1 unspecified atom stereocenters. The Morgan fingerprint density at radius 1 is 1.11 bits per heavy atom. The van der Waals surface area contributed by atoms with Gasteiger partial charge in [0.05, 0.1) is 37.2 Å². The number of halogens is 4. The lowest BCUT2D eigenvalue weighted by Gasteiger charge is -2.25. The van der Waals surface area contributed by atoms with Crippen molar-refractivity contribution in [3.05, 3.63) is 64.7 Å². The number of rotatable bonds is 6. The van der Waals surface area contributed by atoms with Crippen LogP contribution in [-0.4, -0.2) is 55.5 Å². The minimum absolute atomic E-state index is 0.0441. The average Bonchev–Trinajstić information content (AvgIpc) is 3.16. The van der Waals surface area contributed by atoms with Crippen molar-refractivity contribution in [2.75, 3.05) is 31.7 Å². The second-order valence-electron chi connectivity index (χ2n) is 8.07. The topological polar surface area (TPSA) is 88.5 Å². The fourth-order valence-corrected chi connectivity index (χ4v) is 3.85. The van der Waals surface area contributed by atoms with Gasteiger partial charge in [0.2, 0.25) is 0 Å². The molecule has 0 saturated carbocycles. The zero-order chi connectivity index (χ0) is 26.7. The molecule has 36 heavy (non-hydrogen) atoms. The minimum Gasteiger partial charge on any atom is -0.465 e. The van der Waals surface area contributed by atoms with E-state index in [1.165, 1.54) is 5.01 Å². The highest BCUT2D eigenvalue weighted by Crippen LogP contribution is 2.34. The molecule has 2 amide bonds. The summed E-state index contributed by atoms with van der Waals surface area (Å²) in [5.74, 6) is -1.38. The third-order valence-electron chi connectivity index (χ3n) is 5.48. The van der Waals surface area contributed by atoms with Gasteiger partial charge in [-0.25, -0.2) is 9.69 Å². The molecule has 12 heteroatoms. The largest absolute Gasteiger partial charge is 0.465 e. The first kappa shape index (κ1) is 27.0. The number of esters is 1. The molecule has 192 valence electrons. The number of hydrazone groups is 1. The highest BCUT2D eigenvalue weighted by atomic mass is 35.5. The van der Waals surface area contributed by atoms with Crippen LogP contribution in [0, 0.1) is 5.41 Å². The molecule has 2 aromatic rings. The maximum Gasteiger partial charge on any atom is 0.420 e. The van der Waals surface area contributed by atoms with Crippen LogP contribution >= 0.6 is 11.6 Å². The van der Waals surface area contributed by atoms with Gasteiger partial charge in [-0.15, -0.1) is 0 Å². The number of anilines is 1. The normalized spacial score (nSPS) is 17.4. The molecular weight excluding hydrogens is 503 g/mol. The van der Waals surface area contributed by atoms with E-state index in [1.807, 2.05) is 0 Å². The molecule has 1 aliphatic rings. The van der Waals surface area contributed by atoms with Gasteiger partial charge in [0.1, 0.15) is 12.0 Å². The van der Waals surface area contributed by atoms with E-state index < -0.39 is 41.7 Å². The molecule has 1 atom stereocenters. The van der Waals surface area contributed by atoms with E-state index in [-0.39, 0.29) is 18.8 Å². The average molecular weight is 526 g/mol. The smallest absolute Gasteiger partial charge is 0.420 e. The molecule has 1 heterocycles. The van der Waals surface area contributed by atoms with E-state index in [4.69, 9.17) is 16.3 Å². The molecule has 2 aromatic carbocycles. The van der Waals surface area contributed by atoms with Crippen molar-refractivity contribution in [3.8, 4) is 0 Å². The van der Waals surface area contributed by atoms with E-state index in [2.05, 4.69) is 9.84 Å². The maximum absolute atomic E-state index is 13.1. The van der Waals surface area contributed by atoms with Crippen molar-refractivity contribution < 1.29 is 37.0 Å². The van der Waals surface area contributed by atoms with Crippen molar-refractivity contribution in [2.24, 2.45) is 10.5 Å². The van der Waals surface area contributed by atoms with Gasteiger partial charge in [-0.3, -0.25) is 14.6 Å². The van der Waals surface area contributed by atoms with Crippen LogP contribution in [0.15, 0.2) is 53.6 Å². The summed E-state index contributed by atoms with van der Waals surface area (Å²) in [5, 5.41) is 6.22. The van der Waals surface area contributed by atoms with E-state index in [9.17, 15) is 27.6 Å². The number of hydrogen-bond donors (Lipinski definition) is 0. The van der Waals surface area contributed by atoms with Gasteiger partial charge in [0, 0.05) is 5.02 Å². The number of ether oxygens (including phenoxy) is 2. The summed E-state index contributed by atoms with van der Waals surface area (Å²) in [6.45, 7) is 2.90. The van der Waals surface area contributed by atoms with Crippen molar-refractivity contribution in [2.45, 2.75) is 20.0 Å². The molecule has 0 N–H and O–H groups in total. The fraction of sp³-hybridized carbons (Fsp3) is 0.333. The molecule has 0 aromatic heterocycles. The molecule has 0 saturated heterocycles. The lowest BCUT2D eigenvalue weighted by Crippen LogP contribution is -2.45. The number of imide groups is 1. The molecule has 0 aliphatic carbocycles. The Morgan fingerprint density at radius 2 is 1.72 bits per heavy atom. The van der Waals surface area contributed by atoms with Gasteiger partial charge in [-0.05, 0) is 55.8 Å². The second kappa shape index (κ2) is 10.6. The number of amides is 2. The van der Waals surface area contributed by atoms with Gasteiger partial charge in [-0.2, -0.15) is 18.3 Å². The molecule has 0 spiro atoms. The first-order chi connectivity index (χ1) is 16.9. The fourth-order valence-electron chi connectivity index (χ4n) is 3.72. The molecule has 8 nitrogen and oxygen atoms in total. The quantitative estimate of drug-likeness (QED) is 0.506. The molecule has 0 bridgehead atoms. The lowest BCUT2D eigenvalue weighted by molar-refractivity contribution is -0.150. The first-order valence-electron chi connectivity index (χ1n) is 10.8. The summed E-state index contributed by atoms with van der Waals surface area (Å²) in [6.07, 6.45) is -5.67. The van der Waals surface area contributed by atoms with Crippen LogP contribution in [0.5, 0.6) is 0 Å². The maximum atomic E-state index is 13.1. The van der Waals surface area contributed by atoms with Crippen molar-refractivity contribution >= 4 is 41.0 Å². The van der Waals surface area contributed by atoms with Gasteiger partial charge < -0.3 is 9.47 Å². The summed E-state index contributed by atoms with van der Waals surface area (Å²) in [4.78, 5) is 39.0. The van der Waals surface area contributed by atoms with E-state index in [0.29, 0.717) is 21.2 Å². The number of carbonyl (C=O) groups is 3. The summed E-state index contributed by atoms with van der Waals surface area (Å²) in [5.41, 5.74) is -1.38. The summed E-state index contributed by atoms with van der Waals surface area (Å²) < 4.78 is 48.7. The number of methoxy groups -OCH3 is 1. The Morgan fingerprint density at radius 3 is 2.25 bits per heavy atom. The number of nitrogens with zero attached hydrogens (tertiary/aromatic N) is 3. The number of benzene rings is 2. The van der Waals surface area contributed by atoms with Gasteiger partial charge >= 0.3 is 18.2 Å². The van der Waals surface area contributed by atoms with E-state index in [1.54, 1.807) is 38.1 Å². The SMILES string of the molecule is CCOC(=O)C1(C)CN(CC(=O)N(C(=O)OC)c2ccc(C(F)(F)F)cc2)N=C1c1ccc(Cl)cc1. The monoisotopic (exact) mass is 525 g/mol. The molecule has 3 rings (SSSR count). The van der Waals surface area contributed by atoms with Crippen LogP contribution < -0.4 is 4.90 Å². The second-order valence-corrected chi connectivity index (χ2v) is 8.51. The zero-order valence-electron chi connectivity index (χ0n) is 19.6. The van der Waals surface area contributed by atoms with Gasteiger partial charge in [-0.1, -0.05) is 23.7 Å². The highest BCUT2D eigenvalue weighted by molar-refractivity contribution is 6.30. The Bertz CT molecular complexity index is 1170. The van der Waals surface area contributed by atoms with Crippen LogP contribution in [-0.2, 0) is 25.2 Å². The van der Waals surface area contributed by atoms with Gasteiger partial charge in [0.25, 0.3) is 5.91 Å². The lowest BCUT2D eigenvalue weighted by atomic mass is 9.82.